The Kier molecular flexibility index (Phi) is 34.2. The first-order valence-corrected chi connectivity index (χ1v) is 22.4. The maximum atomic E-state index is 4.61. The number of anilines is 2. The van der Waals surface area contributed by atoms with Gasteiger partial charge in [-0.3, -0.25) is 0 Å². The summed E-state index contributed by atoms with van der Waals surface area (Å²) in [5.74, 6) is 4.07. The molecule has 0 saturated carbocycles. The number of allylic oxidation sites excluding steroid dienone is 2. The first-order chi connectivity index (χ1) is 26.4. The summed E-state index contributed by atoms with van der Waals surface area (Å²) >= 11 is 0. The summed E-state index contributed by atoms with van der Waals surface area (Å²) in [4.78, 5) is 27.7. The molecular weight excluding hydrogens is 665 g/mol. The number of fused-ring (bicyclic) bond motifs is 2. The Bertz CT molecular complexity index is 1210. The molecule has 0 unspecified atom stereocenters. The fourth-order valence-corrected chi connectivity index (χ4v) is 6.10. The molecule has 8 nitrogen and oxygen atoms in total. The molecule has 0 amide bonds. The number of aryl methyl sites for hydroxylation is 2. The fourth-order valence-electron chi connectivity index (χ4n) is 6.10. The van der Waals surface area contributed by atoms with Gasteiger partial charge in [0, 0.05) is 57.6 Å². The predicted octanol–water partition coefficient (Wildman–Crippen LogP) is 11.2. The van der Waals surface area contributed by atoms with Crippen molar-refractivity contribution in [2.75, 3.05) is 76.3 Å². The second kappa shape index (κ2) is 34.6. The van der Waals surface area contributed by atoms with Crippen molar-refractivity contribution in [1.82, 2.24) is 29.7 Å². The van der Waals surface area contributed by atoms with E-state index in [2.05, 4.69) is 119 Å². The van der Waals surface area contributed by atoms with Crippen LogP contribution in [0.4, 0.5) is 11.6 Å². The molecular formula is C46H88N8. The molecule has 0 aromatic carbocycles. The number of nitrogens with zero attached hydrogens (tertiary/aromatic N) is 8. The van der Waals surface area contributed by atoms with Crippen LogP contribution in [0.2, 0.25) is 0 Å². The second-order valence-electron chi connectivity index (χ2n) is 12.6. The Morgan fingerprint density at radius 2 is 0.944 bits per heavy atom. The first-order valence-electron chi connectivity index (χ1n) is 22.4. The van der Waals surface area contributed by atoms with Gasteiger partial charge in [-0.2, -0.15) is 0 Å². The molecule has 2 aromatic rings. The number of hydrogen-bond donors (Lipinski definition) is 0. The van der Waals surface area contributed by atoms with Gasteiger partial charge in [0.2, 0.25) is 0 Å². The second-order valence-corrected chi connectivity index (χ2v) is 12.6. The lowest BCUT2D eigenvalue weighted by Gasteiger charge is -2.24. The first kappa shape index (κ1) is 53.3. The van der Waals surface area contributed by atoms with E-state index in [0.717, 1.165) is 67.8 Å². The zero-order chi connectivity index (χ0) is 41.3. The van der Waals surface area contributed by atoms with Crippen molar-refractivity contribution in [1.29, 1.82) is 0 Å². The fraction of sp³-hybridized carbons (Fsp3) is 0.739. The third kappa shape index (κ3) is 19.2. The molecule has 2 aliphatic heterocycles. The van der Waals surface area contributed by atoms with E-state index in [1.54, 1.807) is 0 Å². The Balaban J connectivity index is 0. The minimum absolute atomic E-state index is 0.895. The quantitative estimate of drug-likeness (QED) is 0.264. The third-order valence-corrected chi connectivity index (χ3v) is 9.40. The van der Waals surface area contributed by atoms with Crippen molar-refractivity contribution >= 4 is 23.8 Å². The van der Waals surface area contributed by atoms with Crippen LogP contribution in [-0.4, -0.2) is 96.2 Å². The molecule has 8 heteroatoms. The van der Waals surface area contributed by atoms with E-state index >= 15 is 0 Å². The lowest BCUT2D eigenvalue weighted by molar-refractivity contribution is 0.240. The van der Waals surface area contributed by atoms with E-state index in [0.29, 0.717) is 0 Å². The minimum atomic E-state index is 0.895. The summed E-state index contributed by atoms with van der Waals surface area (Å²) in [6.07, 6.45) is 20.9. The van der Waals surface area contributed by atoms with Crippen molar-refractivity contribution in [2.24, 2.45) is 0 Å². The molecule has 312 valence electrons. The average Bonchev–Trinajstić information content (AvgIpc) is 3.96. The number of aromatic nitrogens is 4. The molecule has 0 N–H and O–H groups in total. The lowest BCUT2D eigenvalue weighted by Crippen LogP contribution is -2.29. The molecule has 4 heterocycles. The third-order valence-electron chi connectivity index (χ3n) is 9.40. The van der Waals surface area contributed by atoms with Crippen LogP contribution in [-0.2, 0) is 25.7 Å². The van der Waals surface area contributed by atoms with Gasteiger partial charge in [-0.25, -0.2) is 19.9 Å². The van der Waals surface area contributed by atoms with Crippen molar-refractivity contribution in [2.45, 2.75) is 161 Å². The minimum Gasteiger partial charge on any atom is -0.360 e. The standard InChI is InChI=1S/2C12H17N3.2C7H15N.4C2H6/c2*1-4-11-13-10-8-6-7-9(10)12(14-11)15(3)5-2;2*1-2-8-6-4-3-5-7-8;4*1-2/h6,8H,4-5,7H2,1-3H3;6-7H,4-5,8H2,1-3H3;2*2-7H2,1H3;4*1-2H3. The van der Waals surface area contributed by atoms with E-state index in [1.807, 2.05) is 55.4 Å². The van der Waals surface area contributed by atoms with Crippen molar-refractivity contribution in [3.63, 3.8) is 0 Å². The average molecular weight is 753 g/mol. The van der Waals surface area contributed by atoms with Gasteiger partial charge in [0.15, 0.2) is 0 Å². The van der Waals surface area contributed by atoms with Crippen molar-refractivity contribution in [3.05, 3.63) is 46.3 Å². The van der Waals surface area contributed by atoms with Crippen LogP contribution in [0.5, 0.6) is 0 Å². The topological polar surface area (TPSA) is 64.5 Å². The Morgan fingerprint density at radius 1 is 0.519 bits per heavy atom. The molecule has 54 heavy (non-hydrogen) atoms. The number of hydrogen-bond acceptors (Lipinski definition) is 8. The molecule has 4 aliphatic rings. The molecule has 0 spiro atoms. The number of likely N-dealkylation sites (tertiary alicyclic amines) is 2. The van der Waals surface area contributed by atoms with Gasteiger partial charge < -0.3 is 19.6 Å². The highest BCUT2D eigenvalue weighted by atomic mass is 15.2. The summed E-state index contributed by atoms with van der Waals surface area (Å²) in [6.45, 7) is 38.8. The van der Waals surface area contributed by atoms with Crippen molar-refractivity contribution in [3.8, 4) is 0 Å². The predicted molar refractivity (Wildman–Crippen MR) is 244 cm³/mol. The van der Waals surface area contributed by atoms with E-state index in [1.165, 1.54) is 94.6 Å². The van der Waals surface area contributed by atoms with Gasteiger partial charge >= 0.3 is 0 Å². The van der Waals surface area contributed by atoms with E-state index in [9.17, 15) is 0 Å². The summed E-state index contributed by atoms with van der Waals surface area (Å²) in [6, 6.07) is 0. The molecule has 6 rings (SSSR count). The highest BCUT2D eigenvalue weighted by molar-refractivity contribution is 5.69. The molecule has 0 atom stereocenters. The van der Waals surface area contributed by atoms with Gasteiger partial charge in [0.05, 0.1) is 11.4 Å². The van der Waals surface area contributed by atoms with Crippen LogP contribution in [0.15, 0.2) is 12.2 Å². The lowest BCUT2D eigenvalue weighted by atomic mass is 10.1. The Hall–Kier alpha value is -2.84. The van der Waals surface area contributed by atoms with E-state index in [4.69, 9.17) is 0 Å². The maximum Gasteiger partial charge on any atom is 0.139 e. The normalized spacial score (nSPS) is 14.7. The molecule has 0 bridgehead atoms. The number of rotatable bonds is 8. The summed E-state index contributed by atoms with van der Waals surface area (Å²) < 4.78 is 0. The zero-order valence-corrected chi connectivity index (χ0v) is 38.6. The van der Waals surface area contributed by atoms with Gasteiger partial charge in [-0.1, -0.05) is 114 Å². The molecule has 2 aliphatic carbocycles. The molecule has 2 fully saturated rings. The zero-order valence-electron chi connectivity index (χ0n) is 38.6. The smallest absolute Gasteiger partial charge is 0.139 e. The van der Waals surface area contributed by atoms with E-state index in [-0.39, 0.29) is 0 Å². The summed E-state index contributed by atoms with van der Waals surface area (Å²) in [5, 5.41) is 0. The van der Waals surface area contributed by atoms with Crippen molar-refractivity contribution < 1.29 is 0 Å². The van der Waals surface area contributed by atoms with E-state index < -0.39 is 0 Å². The summed E-state index contributed by atoms with van der Waals surface area (Å²) in [5.41, 5.74) is 4.77. The number of piperidine rings is 2. The highest BCUT2D eigenvalue weighted by Gasteiger charge is 2.18. The highest BCUT2D eigenvalue weighted by Crippen LogP contribution is 2.27. The SMILES string of the molecule is CC.CC.CC.CC.CCN1CCCCC1.CCN1CCCCC1.CCc1nc2c(c(N(C)CC)n1)C=CC2.CCc1nc2c(c(N(C)CC)n1)CC=C2. The molecule has 0 radical (unpaired) electrons. The van der Waals surface area contributed by atoms with Gasteiger partial charge in [0.25, 0.3) is 0 Å². The summed E-state index contributed by atoms with van der Waals surface area (Å²) in [7, 11) is 4.16. The van der Waals surface area contributed by atoms with Gasteiger partial charge in [-0.05, 0) is 91.3 Å². The van der Waals surface area contributed by atoms with Crippen LogP contribution in [0.3, 0.4) is 0 Å². The van der Waals surface area contributed by atoms with Crippen LogP contribution in [0.1, 0.15) is 170 Å². The van der Waals surface area contributed by atoms with Crippen LogP contribution in [0.25, 0.3) is 12.2 Å². The monoisotopic (exact) mass is 753 g/mol. The van der Waals surface area contributed by atoms with Crippen LogP contribution >= 0.6 is 0 Å². The Labute approximate surface area is 336 Å². The van der Waals surface area contributed by atoms with Gasteiger partial charge in [-0.15, -0.1) is 0 Å². The van der Waals surface area contributed by atoms with Crippen LogP contribution < -0.4 is 9.80 Å². The Morgan fingerprint density at radius 3 is 1.37 bits per heavy atom. The largest absolute Gasteiger partial charge is 0.360 e. The molecule has 2 saturated heterocycles. The maximum absolute atomic E-state index is 4.61. The van der Waals surface area contributed by atoms with Crippen LogP contribution in [0, 0.1) is 0 Å². The van der Waals surface area contributed by atoms with Gasteiger partial charge in [0.1, 0.15) is 23.3 Å². The molecule has 2 aromatic heterocycles.